The van der Waals surface area contributed by atoms with Crippen molar-refractivity contribution in [1.82, 2.24) is 4.90 Å². The van der Waals surface area contributed by atoms with Crippen LogP contribution in [-0.2, 0) is 6.54 Å². The molecule has 2 aromatic carbocycles. The highest BCUT2D eigenvalue weighted by molar-refractivity contribution is 5.80. The molecule has 0 radical (unpaired) electrons. The molecule has 3 rings (SSSR count). The van der Waals surface area contributed by atoms with Gasteiger partial charge >= 0.3 is 0 Å². The van der Waals surface area contributed by atoms with E-state index in [4.69, 9.17) is 0 Å². The molecule has 0 spiro atoms. The molecule has 1 N–H and O–H groups in total. The van der Waals surface area contributed by atoms with Crippen molar-refractivity contribution in [1.29, 1.82) is 0 Å². The number of rotatable bonds is 5. The highest BCUT2D eigenvalue weighted by Crippen LogP contribution is 2.13. The van der Waals surface area contributed by atoms with Gasteiger partial charge in [-0.05, 0) is 55.3 Å². The summed E-state index contributed by atoms with van der Waals surface area (Å²) >= 11 is 0. The summed E-state index contributed by atoms with van der Waals surface area (Å²) < 4.78 is 0. The quantitative estimate of drug-likeness (QED) is 0.667. The van der Waals surface area contributed by atoms with E-state index in [1.54, 1.807) is 0 Å². The lowest BCUT2D eigenvalue weighted by Crippen LogP contribution is -2.18. The van der Waals surface area contributed by atoms with Gasteiger partial charge in [-0.1, -0.05) is 36.4 Å². The van der Waals surface area contributed by atoms with Gasteiger partial charge in [-0.25, -0.2) is 0 Å². The van der Waals surface area contributed by atoms with E-state index in [1.807, 2.05) is 36.5 Å². The number of nitrogens with one attached hydrogen (secondary N) is 1. The Labute approximate surface area is 126 Å². The maximum Gasteiger partial charge on any atom is 0.0561 e. The summed E-state index contributed by atoms with van der Waals surface area (Å²) in [5.74, 6) is 0. The summed E-state index contributed by atoms with van der Waals surface area (Å²) in [6.45, 7) is 3.51. The van der Waals surface area contributed by atoms with Crippen LogP contribution in [0.25, 0.3) is 0 Å². The number of hydrazone groups is 1. The molecule has 3 nitrogen and oxygen atoms in total. The van der Waals surface area contributed by atoms with Crippen LogP contribution < -0.4 is 5.43 Å². The first-order valence-corrected chi connectivity index (χ1v) is 7.55. The Morgan fingerprint density at radius 2 is 1.81 bits per heavy atom. The molecule has 0 saturated carbocycles. The van der Waals surface area contributed by atoms with Crippen LogP contribution in [0.3, 0.4) is 0 Å². The first kappa shape index (κ1) is 13.8. The molecule has 1 aliphatic heterocycles. The Bertz CT molecular complexity index is 586. The molecular formula is C18H21N3. The van der Waals surface area contributed by atoms with Crippen LogP contribution in [0.5, 0.6) is 0 Å². The van der Waals surface area contributed by atoms with Crippen molar-refractivity contribution in [3.8, 4) is 0 Å². The highest BCUT2D eigenvalue weighted by atomic mass is 15.3. The average Bonchev–Trinajstić information content (AvgIpc) is 3.02. The van der Waals surface area contributed by atoms with E-state index >= 15 is 0 Å². The van der Waals surface area contributed by atoms with Crippen molar-refractivity contribution >= 4 is 11.9 Å². The fourth-order valence-corrected chi connectivity index (χ4v) is 2.66. The van der Waals surface area contributed by atoms with E-state index < -0.39 is 0 Å². The average molecular weight is 279 g/mol. The van der Waals surface area contributed by atoms with Gasteiger partial charge in [0.1, 0.15) is 0 Å². The minimum Gasteiger partial charge on any atom is -0.299 e. The van der Waals surface area contributed by atoms with Gasteiger partial charge in [-0.2, -0.15) is 5.10 Å². The van der Waals surface area contributed by atoms with Gasteiger partial charge in [0.15, 0.2) is 0 Å². The van der Waals surface area contributed by atoms with Crippen molar-refractivity contribution < 1.29 is 0 Å². The van der Waals surface area contributed by atoms with E-state index in [9.17, 15) is 0 Å². The lowest BCUT2D eigenvalue weighted by atomic mass is 10.1. The minimum atomic E-state index is 1.00. The minimum absolute atomic E-state index is 1.00. The Hall–Kier alpha value is -2.13. The third kappa shape index (κ3) is 4.17. The zero-order valence-corrected chi connectivity index (χ0v) is 12.2. The Balaban J connectivity index is 1.60. The molecule has 0 bridgehead atoms. The van der Waals surface area contributed by atoms with Crippen LogP contribution in [-0.4, -0.2) is 24.2 Å². The normalized spacial score (nSPS) is 15.6. The number of anilines is 1. The molecule has 0 aliphatic carbocycles. The lowest BCUT2D eigenvalue weighted by molar-refractivity contribution is 0.331. The molecule has 21 heavy (non-hydrogen) atoms. The van der Waals surface area contributed by atoms with Crippen molar-refractivity contribution in [3.05, 3.63) is 65.7 Å². The maximum atomic E-state index is 4.30. The monoisotopic (exact) mass is 279 g/mol. The topological polar surface area (TPSA) is 27.6 Å². The summed E-state index contributed by atoms with van der Waals surface area (Å²) in [6, 6.07) is 18.6. The zero-order valence-electron chi connectivity index (χ0n) is 12.2. The molecule has 0 aromatic heterocycles. The first-order chi connectivity index (χ1) is 10.4. The molecule has 2 aromatic rings. The van der Waals surface area contributed by atoms with Crippen LogP contribution in [0.1, 0.15) is 24.0 Å². The summed E-state index contributed by atoms with van der Waals surface area (Å²) in [4.78, 5) is 2.51. The largest absolute Gasteiger partial charge is 0.299 e. The number of hydrogen-bond donors (Lipinski definition) is 1. The predicted molar refractivity (Wildman–Crippen MR) is 88.6 cm³/mol. The molecule has 0 amide bonds. The molecular weight excluding hydrogens is 258 g/mol. The number of likely N-dealkylation sites (tertiary alicyclic amines) is 1. The van der Waals surface area contributed by atoms with Gasteiger partial charge in [0.2, 0.25) is 0 Å². The molecule has 3 heteroatoms. The molecule has 1 saturated heterocycles. The van der Waals surface area contributed by atoms with E-state index in [-0.39, 0.29) is 0 Å². The standard InChI is InChI=1S/C18H21N3/c1-2-9-18(10-3-1)20-19-14-16-7-6-8-17(13-16)15-21-11-4-5-12-21/h1-3,6-10,13-14,20H,4-5,11-12,15H2. The molecule has 1 fully saturated rings. The number of nitrogens with zero attached hydrogens (tertiary/aromatic N) is 2. The Morgan fingerprint density at radius 3 is 2.62 bits per heavy atom. The Kier molecular flexibility index (Phi) is 4.64. The number of para-hydroxylation sites is 1. The zero-order chi connectivity index (χ0) is 14.3. The second kappa shape index (κ2) is 7.04. The van der Waals surface area contributed by atoms with Crippen LogP contribution >= 0.6 is 0 Å². The Morgan fingerprint density at radius 1 is 1.00 bits per heavy atom. The van der Waals surface area contributed by atoms with Crippen LogP contribution in [0.15, 0.2) is 59.7 Å². The molecule has 1 heterocycles. The van der Waals surface area contributed by atoms with Crippen molar-refractivity contribution in [2.24, 2.45) is 5.10 Å². The van der Waals surface area contributed by atoms with Crippen LogP contribution in [0.4, 0.5) is 5.69 Å². The maximum absolute atomic E-state index is 4.30. The molecule has 1 aliphatic rings. The van der Waals surface area contributed by atoms with Gasteiger partial charge in [0.05, 0.1) is 11.9 Å². The summed E-state index contributed by atoms with van der Waals surface area (Å²) in [7, 11) is 0. The van der Waals surface area contributed by atoms with E-state index in [0.29, 0.717) is 0 Å². The SMILES string of the molecule is C(=NNc1ccccc1)c1cccc(CN2CCCC2)c1. The van der Waals surface area contributed by atoms with Crippen molar-refractivity contribution in [3.63, 3.8) is 0 Å². The first-order valence-electron chi connectivity index (χ1n) is 7.55. The van der Waals surface area contributed by atoms with Gasteiger partial charge < -0.3 is 0 Å². The third-order valence-electron chi connectivity index (χ3n) is 3.74. The van der Waals surface area contributed by atoms with Crippen molar-refractivity contribution in [2.45, 2.75) is 19.4 Å². The predicted octanol–water partition coefficient (Wildman–Crippen LogP) is 3.73. The van der Waals surface area contributed by atoms with E-state index in [0.717, 1.165) is 17.8 Å². The molecule has 108 valence electrons. The smallest absolute Gasteiger partial charge is 0.0561 e. The van der Waals surface area contributed by atoms with E-state index in [2.05, 4.69) is 39.7 Å². The van der Waals surface area contributed by atoms with Crippen LogP contribution in [0.2, 0.25) is 0 Å². The van der Waals surface area contributed by atoms with E-state index in [1.165, 1.54) is 31.5 Å². The fourth-order valence-electron chi connectivity index (χ4n) is 2.66. The van der Waals surface area contributed by atoms with Crippen molar-refractivity contribution in [2.75, 3.05) is 18.5 Å². The number of hydrogen-bond acceptors (Lipinski definition) is 3. The number of benzene rings is 2. The van der Waals surface area contributed by atoms with Gasteiger partial charge in [-0.15, -0.1) is 0 Å². The molecule has 0 atom stereocenters. The van der Waals surface area contributed by atoms with Gasteiger partial charge in [0.25, 0.3) is 0 Å². The highest BCUT2D eigenvalue weighted by Gasteiger charge is 2.11. The summed E-state index contributed by atoms with van der Waals surface area (Å²) in [5, 5.41) is 4.30. The van der Waals surface area contributed by atoms with Gasteiger partial charge in [-0.3, -0.25) is 10.3 Å². The third-order valence-corrected chi connectivity index (χ3v) is 3.74. The summed E-state index contributed by atoms with van der Waals surface area (Å²) in [5.41, 5.74) is 6.54. The van der Waals surface area contributed by atoms with Gasteiger partial charge in [0, 0.05) is 6.54 Å². The second-order valence-corrected chi connectivity index (χ2v) is 5.46. The second-order valence-electron chi connectivity index (χ2n) is 5.46. The summed E-state index contributed by atoms with van der Waals surface area (Å²) in [6.07, 6.45) is 4.55. The lowest BCUT2D eigenvalue weighted by Gasteiger charge is -2.14. The fraction of sp³-hybridized carbons (Fsp3) is 0.278. The van der Waals surface area contributed by atoms with Crippen LogP contribution in [0, 0.1) is 0 Å². The molecule has 0 unspecified atom stereocenters.